The van der Waals surface area contributed by atoms with Crippen LogP contribution in [0.25, 0.3) is 10.9 Å². The second kappa shape index (κ2) is 7.68. The lowest BCUT2D eigenvalue weighted by Gasteiger charge is -2.22. The molecular formula is C21H18ClFN4O4. The number of primary amides is 1. The van der Waals surface area contributed by atoms with Gasteiger partial charge in [-0.2, -0.15) is 0 Å². The summed E-state index contributed by atoms with van der Waals surface area (Å²) in [5.74, 6) is -2.81. The number of anilines is 1. The highest BCUT2D eigenvalue weighted by molar-refractivity contribution is 6.30. The van der Waals surface area contributed by atoms with Crippen molar-refractivity contribution >= 4 is 45.9 Å². The van der Waals surface area contributed by atoms with E-state index in [1.807, 2.05) is 0 Å². The zero-order valence-corrected chi connectivity index (χ0v) is 16.9. The fraction of sp³-hybridized carbons (Fsp3) is 0.190. The molecule has 31 heavy (non-hydrogen) atoms. The Balaban J connectivity index is 1.51. The van der Waals surface area contributed by atoms with Gasteiger partial charge in [0.25, 0.3) is 17.7 Å². The van der Waals surface area contributed by atoms with E-state index in [4.69, 9.17) is 17.3 Å². The Bertz CT molecular complexity index is 1210. The highest BCUT2D eigenvalue weighted by Gasteiger charge is 2.51. The first-order valence-electron chi connectivity index (χ1n) is 9.37. The number of hydrogen-bond donors (Lipinski definition) is 4. The number of amides is 3. The van der Waals surface area contributed by atoms with Crippen LogP contribution in [0.2, 0.25) is 5.02 Å². The van der Waals surface area contributed by atoms with Crippen molar-refractivity contribution in [2.75, 3.05) is 11.4 Å². The predicted octanol–water partition coefficient (Wildman–Crippen LogP) is 1.84. The summed E-state index contributed by atoms with van der Waals surface area (Å²) in [5.41, 5.74) is 4.78. The summed E-state index contributed by atoms with van der Waals surface area (Å²) >= 11 is 5.80. The van der Waals surface area contributed by atoms with Crippen LogP contribution in [0.4, 0.5) is 10.1 Å². The second-order valence-electron chi connectivity index (χ2n) is 7.35. The Labute approximate surface area is 180 Å². The summed E-state index contributed by atoms with van der Waals surface area (Å²) in [5, 5.41) is 14.1. The number of aromatic nitrogens is 1. The lowest BCUT2D eigenvalue weighted by atomic mass is 10.0. The van der Waals surface area contributed by atoms with Crippen molar-refractivity contribution < 1.29 is 23.9 Å². The molecule has 2 aromatic carbocycles. The molecule has 3 aromatic rings. The van der Waals surface area contributed by atoms with E-state index < -0.39 is 29.1 Å². The molecule has 1 saturated heterocycles. The maximum atomic E-state index is 13.5. The number of rotatable bonds is 5. The molecular weight excluding hydrogens is 427 g/mol. The van der Waals surface area contributed by atoms with Crippen LogP contribution in [0.1, 0.15) is 22.5 Å². The fourth-order valence-electron chi connectivity index (χ4n) is 3.62. The number of nitrogens with one attached hydrogen (secondary N) is 2. The van der Waals surface area contributed by atoms with Gasteiger partial charge in [0.2, 0.25) is 5.60 Å². The maximum Gasteiger partial charge on any atom is 0.268 e. The zero-order chi connectivity index (χ0) is 22.3. The Hall–Kier alpha value is -3.43. The summed E-state index contributed by atoms with van der Waals surface area (Å²) in [7, 11) is 0. The number of hydrogen-bond acceptors (Lipinski definition) is 4. The smallest absolute Gasteiger partial charge is 0.268 e. The Morgan fingerprint density at radius 3 is 2.74 bits per heavy atom. The van der Waals surface area contributed by atoms with Crippen molar-refractivity contribution in [1.29, 1.82) is 0 Å². The quantitative estimate of drug-likeness (QED) is 0.447. The molecule has 5 N–H and O–H groups in total. The van der Waals surface area contributed by atoms with Crippen molar-refractivity contribution in [1.82, 2.24) is 10.3 Å². The predicted molar refractivity (Wildman–Crippen MR) is 112 cm³/mol. The number of halogens is 2. The Morgan fingerprint density at radius 2 is 2.03 bits per heavy atom. The molecule has 1 aromatic heterocycles. The molecule has 4 rings (SSSR count). The van der Waals surface area contributed by atoms with Gasteiger partial charge in [-0.1, -0.05) is 11.6 Å². The molecule has 1 fully saturated rings. The van der Waals surface area contributed by atoms with Gasteiger partial charge >= 0.3 is 0 Å². The Morgan fingerprint density at radius 1 is 1.26 bits per heavy atom. The number of aromatic amines is 1. The van der Waals surface area contributed by atoms with Gasteiger partial charge in [0.05, 0.1) is 0 Å². The molecule has 0 radical (unpaired) electrons. The first-order valence-corrected chi connectivity index (χ1v) is 9.75. The lowest BCUT2D eigenvalue weighted by Crippen LogP contribution is -2.52. The van der Waals surface area contributed by atoms with Crippen LogP contribution in [0.5, 0.6) is 0 Å². The van der Waals surface area contributed by atoms with Gasteiger partial charge in [-0.05, 0) is 48.0 Å². The summed E-state index contributed by atoms with van der Waals surface area (Å²) in [6.07, 6.45) is -0.112. The van der Waals surface area contributed by atoms with E-state index in [9.17, 15) is 23.9 Å². The first kappa shape index (κ1) is 20.8. The molecule has 160 valence electrons. The van der Waals surface area contributed by atoms with E-state index in [1.165, 1.54) is 17.0 Å². The van der Waals surface area contributed by atoms with E-state index in [0.29, 0.717) is 22.2 Å². The molecule has 0 spiro atoms. The second-order valence-corrected chi connectivity index (χ2v) is 7.78. The number of H-pyrrole nitrogens is 1. The van der Waals surface area contributed by atoms with Crippen molar-refractivity contribution in [3.8, 4) is 0 Å². The van der Waals surface area contributed by atoms with E-state index in [0.717, 1.165) is 6.07 Å². The number of carbonyl (C=O) groups excluding carboxylic acids is 3. The molecule has 3 amide bonds. The number of nitrogens with two attached hydrogens (primary N) is 1. The van der Waals surface area contributed by atoms with Gasteiger partial charge in [-0.15, -0.1) is 0 Å². The molecule has 1 aliphatic rings. The number of aliphatic hydroxyl groups is 1. The van der Waals surface area contributed by atoms with Crippen LogP contribution in [-0.2, 0) is 16.1 Å². The van der Waals surface area contributed by atoms with Crippen LogP contribution in [-0.4, -0.2) is 40.0 Å². The summed E-state index contributed by atoms with van der Waals surface area (Å²) in [4.78, 5) is 41.0. The van der Waals surface area contributed by atoms with Crippen LogP contribution in [0, 0.1) is 5.82 Å². The minimum absolute atomic E-state index is 0.100. The van der Waals surface area contributed by atoms with Crippen LogP contribution in [0.15, 0.2) is 42.5 Å². The lowest BCUT2D eigenvalue weighted by molar-refractivity contribution is -0.149. The van der Waals surface area contributed by atoms with Crippen LogP contribution in [0.3, 0.4) is 0 Å². The SMILES string of the molecule is NC(=O)c1cc2cc(N3CC[C@@](O)(C(=O)NCc4cc(F)cc(Cl)c4)C3=O)ccc2[nH]1. The van der Waals surface area contributed by atoms with Crippen molar-refractivity contribution in [2.24, 2.45) is 5.73 Å². The largest absolute Gasteiger partial charge is 0.372 e. The van der Waals surface area contributed by atoms with Gasteiger partial charge in [-0.3, -0.25) is 14.4 Å². The van der Waals surface area contributed by atoms with E-state index in [-0.39, 0.29) is 30.2 Å². The monoisotopic (exact) mass is 444 g/mol. The van der Waals surface area contributed by atoms with Gasteiger partial charge in [0.15, 0.2) is 0 Å². The summed E-state index contributed by atoms with van der Waals surface area (Å²) < 4.78 is 13.5. The molecule has 0 bridgehead atoms. The molecule has 1 aliphatic heterocycles. The number of benzene rings is 2. The average Bonchev–Trinajstić information content (AvgIpc) is 3.27. The molecule has 1 atom stereocenters. The normalized spacial score (nSPS) is 18.5. The van der Waals surface area contributed by atoms with E-state index >= 15 is 0 Å². The number of nitrogens with zero attached hydrogens (tertiary/aromatic N) is 1. The average molecular weight is 445 g/mol. The first-order chi connectivity index (χ1) is 14.7. The van der Waals surface area contributed by atoms with Crippen molar-refractivity contribution in [3.05, 3.63) is 64.6 Å². The topological polar surface area (TPSA) is 129 Å². The standard InChI is InChI=1S/C21H18ClFN4O4/c22-13-5-11(6-14(23)9-13)10-25-19(29)21(31)3-4-27(20(21)30)15-1-2-16-12(7-15)8-17(26-16)18(24)28/h1-2,5-9,26,31H,3-4,10H2,(H2,24,28)(H,25,29)/t21-/m1/s1. The van der Waals surface area contributed by atoms with Gasteiger partial charge in [0.1, 0.15) is 11.5 Å². The van der Waals surface area contributed by atoms with Gasteiger partial charge in [-0.25, -0.2) is 4.39 Å². The molecule has 8 nitrogen and oxygen atoms in total. The zero-order valence-electron chi connectivity index (χ0n) is 16.1. The third-order valence-corrected chi connectivity index (χ3v) is 5.45. The molecule has 10 heteroatoms. The van der Waals surface area contributed by atoms with Crippen LogP contribution >= 0.6 is 11.6 Å². The summed E-state index contributed by atoms with van der Waals surface area (Å²) in [6, 6.07) is 10.3. The minimum Gasteiger partial charge on any atom is -0.372 e. The van der Waals surface area contributed by atoms with Gasteiger partial charge in [0, 0.05) is 41.1 Å². The molecule has 2 heterocycles. The van der Waals surface area contributed by atoms with E-state index in [2.05, 4.69) is 10.3 Å². The van der Waals surface area contributed by atoms with Crippen LogP contribution < -0.4 is 16.0 Å². The highest BCUT2D eigenvalue weighted by atomic mass is 35.5. The van der Waals surface area contributed by atoms with E-state index in [1.54, 1.807) is 24.3 Å². The molecule has 0 saturated carbocycles. The van der Waals surface area contributed by atoms with Gasteiger partial charge < -0.3 is 26.0 Å². The van der Waals surface area contributed by atoms with Crippen molar-refractivity contribution in [2.45, 2.75) is 18.6 Å². The third kappa shape index (κ3) is 3.85. The minimum atomic E-state index is -2.25. The Kier molecular flexibility index (Phi) is 5.16. The van der Waals surface area contributed by atoms with Crippen molar-refractivity contribution in [3.63, 3.8) is 0 Å². The molecule has 0 unspecified atom stereocenters. The molecule has 0 aliphatic carbocycles. The fourth-order valence-corrected chi connectivity index (χ4v) is 3.87. The number of fused-ring (bicyclic) bond motifs is 1. The highest BCUT2D eigenvalue weighted by Crippen LogP contribution is 2.31. The summed E-state index contributed by atoms with van der Waals surface area (Å²) in [6.45, 7) is 0.0181. The third-order valence-electron chi connectivity index (χ3n) is 5.23. The maximum absolute atomic E-state index is 13.5. The number of carbonyl (C=O) groups is 3.